The molecule has 33 heavy (non-hydrogen) atoms. The number of pyridine rings is 1. The SMILES string of the molecule is Cc1nn(C(C)(C)C)c2nc(C(C)C)cc(C(=O)NCc3cccc(Cn4ccnc4)c3)c12. The summed E-state index contributed by atoms with van der Waals surface area (Å²) in [4.78, 5) is 22.4. The highest BCUT2D eigenvalue weighted by molar-refractivity contribution is 6.06. The molecule has 3 aromatic heterocycles. The monoisotopic (exact) mass is 444 g/mol. The molecule has 7 heteroatoms. The Kier molecular flexibility index (Phi) is 6.06. The first-order chi connectivity index (χ1) is 15.6. The fourth-order valence-electron chi connectivity index (χ4n) is 3.96. The number of nitrogens with one attached hydrogen (secondary N) is 1. The Hall–Kier alpha value is -3.48. The zero-order valence-electron chi connectivity index (χ0n) is 20.3. The molecule has 0 atom stereocenters. The van der Waals surface area contributed by atoms with Crippen molar-refractivity contribution < 1.29 is 4.79 Å². The fraction of sp³-hybridized carbons (Fsp3) is 0.385. The van der Waals surface area contributed by atoms with Gasteiger partial charge in [0.2, 0.25) is 0 Å². The lowest BCUT2D eigenvalue weighted by Crippen LogP contribution is -2.25. The van der Waals surface area contributed by atoms with Crippen molar-refractivity contribution in [2.24, 2.45) is 0 Å². The van der Waals surface area contributed by atoms with Crippen molar-refractivity contribution in [2.75, 3.05) is 0 Å². The molecule has 0 saturated heterocycles. The molecule has 1 amide bonds. The van der Waals surface area contributed by atoms with Crippen molar-refractivity contribution in [3.8, 4) is 0 Å². The van der Waals surface area contributed by atoms with Gasteiger partial charge < -0.3 is 9.88 Å². The van der Waals surface area contributed by atoms with Gasteiger partial charge in [-0.3, -0.25) is 4.79 Å². The van der Waals surface area contributed by atoms with Gasteiger partial charge in [0.05, 0.1) is 28.5 Å². The van der Waals surface area contributed by atoms with Gasteiger partial charge in [0.15, 0.2) is 5.65 Å². The minimum Gasteiger partial charge on any atom is -0.348 e. The minimum absolute atomic E-state index is 0.110. The van der Waals surface area contributed by atoms with Crippen molar-refractivity contribution in [3.63, 3.8) is 0 Å². The molecule has 172 valence electrons. The number of aromatic nitrogens is 5. The number of rotatable bonds is 6. The van der Waals surface area contributed by atoms with E-state index in [4.69, 9.17) is 10.1 Å². The molecule has 0 unspecified atom stereocenters. The molecular formula is C26H32N6O. The molecule has 0 aliphatic rings. The van der Waals surface area contributed by atoms with E-state index in [9.17, 15) is 4.79 Å². The van der Waals surface area contributed by atoms with E-state index in [1.807, 2.05) is 40.6 Å². The number of nitrogens with zero attached hydrogens (tertiary/aromatic N) is 5. The van der Waals surface area contributed by atoms with Crippen LogP contribution < -0.4 is 5.32 Å². The molecule has 7 nitrogen and oxygen atoms in total. The summed E-state index contributed by atoms with van der Waals surface area (Å²) in [5.74, 6) is 0.0882. The molecule has 1 aromatic carbocycles. The number of fused-ring (bicyclic) bond motifs is 1. The van der Waals surface area contributed by atoms with Crippen LogP contribution in [0.25, 0.3) is 11.0 Å². The van der Waals surface area contributed by atoms with Crippen LogP contribution in [0.4, 0.5) is 0 Å². The number of aryl methyl sites for hydroxylation is 1. The summed E-state index contributed by atoms with van der Waals surface area (Å²) in [6.07, 6.45) is 5.51. The molecule has 3 heterocycles. The van der Waals surface area contributed by atoms with Gasteiger partial charge in [-0.1, -0.05) is 38.1 Å². The average Bonchev–Trinajstić information content (AvgIpc) is 3.39. The van der Waals surface area contributed by atoms with Crippen LogP contribution in [0.2, 0.25) is 0 Å². The number of hydrogen-bond acceptors (Lipinski definition) is 4. The van der Waals surface area contributed by atoms with E-state index in [0.29, 0.717) is 12.1 Å². The van der Waals surface area contributed by atoms with Gasteiger partial charge in [-0.25, -0.2) is 14.6 Å². The zero-order chi connectivity index (χ0) is 23.8. The molecule has 0 aliphatic carbocycles. The second-order valence-corrected chi connectivity index (χ2v) is 9.85. The Labute approximate surface area is 194 Å². The lowest BCUT2D eigenvalue weighted by molar-refractivity contribution is 0.0952. The van der Waals surface area contributed by atoms with E-state index in [0.717, 1.165) is 40.1 Å². The Balaban J connectivity index is 1.62. The average molecular weight is 445 g/mol. The van der Waals surface area contributed by atoms with Crippen molar-refractivity contribution in [1.29, 1.82) is 0 Å². The molecule has 4 rings (SSSR count). The Bertz CT molecular complexity index is 1280. The standard InChI is InChI=1S/C26H32N6O/c1-17(2)22-13-21(23-18(3)30-32(24(23)29-22)26(4,5)6)25(33)28-14-19-8-7-9-20(12-19)15-31-11-10-27-16-31/h7-13,16-17H,14-15H2,1-6H3,(H,28,33). The Morgan fingerprint density at radius 2 is 1.91 bits per heavy atom. The first-order valence-corrected chi connectivity index (χ1v) is 11.4. The summed E-state index contributed by atoms with van der Waals surface area (Å²) in [5.41, 5.74) is 5.08. The van der Waals surface area contributed by atoms with Crippen LogP contribution in [-0.2, 0) is 18.6 Å². The largest absolute Gasteiger partial charge is 0.348 e. The number of hydrogen-bond donors (Lipinski definition) is 1. The molecule has 1 N–H and O–H groups in total. The van der Waals surface area contributed by atoms with Crippen LogP contribution >= 0.6 is 0 Å². The molecule has 0 radical (unpaired) electrons. The summed E-state index contributed by atoms with van der Waals surface area (Å²) in [6, 6.07) is 10.2. The topological polar surface area (TPSA) is 77.6 Å². The minimum atomic E-state index is -0.238. The number of carbonyl (C=O) groups excluding carboxylic acids is 1. The highest BCUT2D eigenvalue weighted by Gasteiger charge is 2.25. The van der Waals surface area contributed by atoms with E-state index in [2.05, 4.69) is 57.1 Å². The predicted molar refractivity (Wildman–Crippen MR) is 130 cm³/mol. The number of benzene rings is 1. The molecule has 0 bridgehead atoms. The van der Waals surface area contributed by atoms with Crippen LogP contribution in [0, 0.1) is 6.92 Å². The Morgan fingerprint density at radius 3 is 2.58 bits per heavy atom. The third-order valence-electron chi connectivity index (χ3n) is 5.67. The number of amides is 1. The summed E-state index contributed by atoms with van der Waals surface area (Å²) < 4.78 is 3.95. The highest BCUT2D eigenvalue weighted by Crippen LogP contribution is 2.29. The lowest BCUT2D eigenvalue weighted by Gasteiger charge is -2.20. The second-order valence-electron chi connectivity index (χ2n) is 9.85. The van der Waals surface area contributed by atoms with E-state index in [1.165, 1.54) is 0 Å². The van der Waals surface area contributed by atoms with Gasteiger partial charge in [0, 0.05) is 31.2 Å². The summed E-state index contributed by atoms with van der Waals surface area (Å²) in [5, 5.41) is 8.67. The highest BCUT2D eigenvalue weighted by atomic mass is 16.1. The van der Waals surface area contributed by atoms with Crippen LogP contribution in [-0.4, -0.2) is 30.2 Å². The van der Waals surface area contributed by atoms with Crippen molar-refractivity contribution in [3.05, 3.63) is 77.1 Å². The summed E-state index contributed by atoms with van der Waals surface area (Å²) >= 11 is 0. The first kappa shape index (κ1) is 22.7. The van der Waals surface area contributed by atoms with Gasteiger partial charge in [-0.15, -0.1) is 0 Å². The fourth-order valence-corrected chi connectivity index (χ4v) is 3.96. The maximum atomic E-state index is 13.4. The van der Waals surface area contributed by atoms with Crippen LogP contribution in [0.15, 0.2) is 49.1 Å². The zero-order valence-corrected chi connectivity index (χ0v) is 20.3. The third-order valence-corrected chi connectivity index (χ3v) is 5.67. The van der Waals surface area contributed by atoms with Crippen LogP contribution in [0.5, 0.6) is 0 Å². The smallest absolute Gasteiger partial charge is 0.252 e. The summed E-state index contributed by atoms with van der Waals surface area (Å²) in [6.45, 7) is 13.6. The van der Waals surface area contributed by atoms with Gasteiger partial charge in [-0.05, 0) is 50.8 Å². The second kappa shape index (κ2) is 8.81. The lowest BCUT2D eigenvalue weighted by atomic mass is 10.0. The van der Waals surface area contributed by atoms with E-state index in [1.54, 1.807) is 12.5 Å². The maximum absolute atomic E-state index is 13.4. The van der Waals surface area contributed by atoms with Crippen molar-refractivity contribution in [2.45, 2.75) is 66.1 Å². The number of imidazole rings is 1. The summed E-state index contributed by atoms with van der Waals surface area (Å²) in [7, 11) is 0. The van der Waals surface area contributed by atoms with Crippen LogP contribution in [0.3, 0.4) is 0 Å². The van der Waals surface area contributed by atoms with Crippen molar-refractivity contribution >= 4 is 16.9 Å². The molecule has 0 fully saturated rings. The number of carbonyl (C=O) groups is 1. The van der Waals surface area contributed by atoms with Crippen molar-refractivity contribution in [1.82, 2.24) is 29.6 Å². The Morgan fingerprint density at radius 1 is 1.15 bits per heavy atom. The normalized spacial score (nSPS) is 12.0. The molecule has 0 saturated carbocycles. The van der Waals surface area contributed by atoms with Gasteiger partial charge in [-0.2, -0.15) is 5.10 Å². The van der Waals surface area contributed by atoms with Gasteiger partial charge in [0.1, 0.15) is 0 Å². The van der Waals surface area contributed by atoms with Gasteiger partial charge >= 0.3 is 0 Å². The molecule has 0 aliphatic heterocycles. The molecular weight excluding hydrogens is 412 g/mol. The maximum Gasteiger partial charge on any atom is 0.252 e. The molecule has 4 aromatic rings. The molecule has 0 spiro atoms. The van der Waals surface area contributed by atoms with Crippen LogP contribution in [0.1, 0.15) is 73.4 Å². The van der Waals surface area contributed by atoms with E-state index in [-0.39, 0.29) is 17.4 Å². The van der Waals surface area contributed by atoms with E-state index < -0.39 is 0 Å². The third kappa shape index (κ3) is 4.82. The first-order valence-electron chi connectivity index (χ1n) is 11.4. The van der Waals surface area contributed by atoms with Gasteiger partial charge in [0.25, 0.3) is 5.91 Å². The quantitative estimate of drug-likeness (QED) is 0.464. The predicted octanol–water partition coefficient (Wildman–Crippen LogP) is 4.79. The van der Waals surface area contributed by atoms with E-state index >= 15 is 0 Å².